The molecule has 5 nitrogen and oxygen atoms in total. The molecule has 1 aliphatic rings. The quantitative estimate of drug-likeness (QED) is 0.891. The lowest BCUT2D eigenvalue weighted by molar-refractivity contribution is -0.131. The number of carbonyl (C=O) groups is 1. The number of hydrogen-bond acceptors (Lipinski definition) is 5. The summed E-state index contributed by atoms with van der Waals surface area (Å²) in [5.74, 6) is 1.43. The Morgan fingerprint density at radius 2 is 2.13 bits per heavy atom. The number of rotatable bonds is 3. The molecule has 2 N–H and O–H groups in total. The summed E-state index contributed by atoms with van der Waals surface area (Å²) in [7, 11) is 0. The number of hydrogen-bond donors (Lipinski definition) is 1. The van der Waals surface area contributed by atoms with Gasteiger partial charge in [-0.3, -0.25) is 4.79 Å². The van der Waals surface area contributed by atoms with Crippen LogP contribution >= 0.6 is 36.2 Å². The number of nitrogens with zero attached hydrogens (tertiary/aromatic N) is 2. The Balaban J connectivity index is 0.00000132. The first kappa shape index (κ1) is 20.0. The van der Waals surface area contributed by atoms with Crippen molar-refractivity contribution in [3.8, 4) is 10.8 Å². The number of halogens is 2. The molecule has 2 aromatic rings. The van der Waals surface area contributed by atoms with Crippen LogP contribution in [0.4, 0.5) is 0 Å². The maximum Gasteiger partial charge on any atom is 0.236 e. The first-order valence-corrected chi connectivity index (χ1v) is 8.05. The van der Waals surface area contributed by atoms with Gasteiger partial charge in [-0.2, -0.15) is 0 Å². The maximum absolute atomic E-state index is 12.3. The second kappa shape index (κ2) is 8.68. The normalized spacial score (nSPS) is 15.0. The summed E-state index contributed by atoms with van der Waals surface area (Å²) in [6.45, 7) is 3.35. The maximum atomic E-state index is 12.3. The van der Waals surface area contributed by atoms with Gasteiger partial charge in [0.25, 0.3) is 0 Å². The van der Waals surface area contributed by atoms with Crippen LogP contribution < -0.4 is 5.73 Å². The van der Waals surface area contributed by atoms with E-state index in [2.05, 4.69) is 4.98 Å². The van der Waals surface area contributed by atoms with Gasteiger partial charge in [0.15, 0.2) is 0 Å². The smallest absolute Gasteiger partial charge is 0.236 e. The average molecular weight is 378 g/mol. The minimum atomic E-state index is 0. The van der Waals surface area contributed by atoms with Crippen molar-refractivity contribution in [2.75, 3.05) is 13.1 Å². The Labute approximate surface area is 152 Å². The second-order valence-corrected chi connectivity index (χ2v) is 6.34. The van der Waals surface area contributed by atoms with Gasteiger partial charge in [0.05, 0.1) is 17.0 Å². The number of amides is 1. The van der Waals surface area contributed by atoms with Crippen molar-refractivity contribution in [2.24, 2.45) is 5.73 Å². The third kappa shape index (κ3) is 4.70. The lowest BCUT2D eigenvalue weighted by Crippen LogP contribution is -2.43. The standard InChI is InChI=1S/C15H19N3O2S.2ClH/c1-10-12(17-15(20-10)13-3-2-8-21-13)9-14(19)18-6-4-11(16)5-7-18;;/h2-3,8,11H,4-7,9,16H2,1H3;2*1H. The van der Waals surface area contributed by atoms with Gasteiger partial charge in [-0.25, -0.2) is 4.98 Å². The van der Waals surface area contributed by atoms with Crippen molar-refractivity contribution in [1.29, 1.82) is 0 Å². The number of aromatic nitrogens is 1. The molecule has 0 radical (unpaired) electrons. The molecule has 1 saturated heterocycles. The van der Waals surface area contributed by atoms with Crippen LogP contribution in [0, 0.1) is 6.92 Å². The van der Waals surface area contributed by atoms with Crippen LogP contribution in [0.5, 0.6) is 0 Å². The highest BCUT2D eigenvalue weighted by Gasteiger charge is 2.23. The molecule has 3 rings (SSSR count). The first-order chi connectivity index (χ1) is 10.1. The Bertz CT molecular complexity index is 623. The summed E-state index contributed by atoms with van der Waals surface area (Å²) >= 11 is 1.58. The molecule has 1 aliphatic heterocycles. The third-order valence-corrected chi connectivity index (χ3v) is 4.69. The fourth-order valence-electron chi connectivity index (χ4n) is 2.50. The van der Waals surface area contributed by atoms with Gasteiger partial charge in [0, 0.05) is 19.1 Å². The lowest BCUT2D eigenvalue weighted by atomic mass is 10.1. The van der Waals surface area contributed by atoms with E-state index in [1.807, 2.05) is 29.3 Å². The number of thiophene rings is 1. The van der Waals surface area contributed by atoms with Gasteiger partial charge in [0.2, 0.25) is 11.8 Å². The minimum Gasteiger partial charge on any atom is -0.440 e. The molecule has 23 heavy (non-hydrogen) atoms. The largest absolute Gasteiger partial charge is 0.440 e. The van der Waals surface area contributed by atoms with E-state index < -0.39 is 0 Å². The zero-order valence-corrected chi connectivity index (χ0v) is 15.3. The minimum absolute atomic E-state index is 0. The van der Waals surface area contributed by atoms with E-state index in [0.717, 1.165) is 42.3 Å². The number of carbonyl (C=O) groups excluding carboxylic acids is 1. The molecule has 0 spiro atoms. The second-order valence-electron chi connectivity index (χ2n) is 5.39. The van der Waals surface area contributed by atoms with Gasteiger partial charge in [-0.15, -0.1) is 36.2 Å². The number of oxazole rings is 1. The Hall–Kier alpha value is -1.08. The highest BCUT2D eigenvalue weighted by atomic mass is 35.5. The Kier molecular flexibility index (Phi) is 7.54. The molecule has 0 saturated carbocycles. The summed E-state index contributed by atoms with van der Waals surface area (Å²) in [6, 6.07) is 4.16. The molecular weight excluding hydrogens is 357 g/mol. The van der Waals surface area contributed by atoms with E-state index in [9.17, 15) is 4.79 Å². The third-order valence-electron chi connectivity index (χ3n) is 3.84. The zero-order valence-electron chi connectivity index (χ0n) is 12.9. The Morgan fingerprint density at radius 1 is 1.43 bits per heavy atom. The van der Waals surface area contributed by atoms with Gasteiger partial charge in [0.1, 0.15) is 5.76 Å². The van der Waals surface area contributed by atoms with Gasteiger partial charge < -0.3 is 15.1 Å². The molecule has 0 atom stereocenters. The van der Waals surface area contributed by atoms with Gasteiger partial charge in [-0.05, 0) is 31.2 Å². The average Bonchev–Trinajstić information content (AvgIpc) is 3.10. The number of likely N-dealkylation sites (tertiary alicyclic amines) is 1. The van der Waals surface area contributed by atoms with E-state index in [1.165, 1.54) is 0 Å². The van der Waals surface area contributed by atoms with E-state index in [0.29, 0.717) is 12.3 Å². The predicted molar refractivity (Wildman–Crippen MR) is 96.5 cm³/mol. The van der Waals surface area contributed by atoms with Crippen molar-refractivity contribution in [1.82, 2.24) is 9.88 Å². The van der Waals surface area contributed by atoms with Crippen LogP contribution in [0.3, 0.4) is 0 Å². The number of piperidine rings is 1. The molecule has 2 aromatic heterocycles. The SMILES string of the molecule is Cc1oc(-c2cccs2)nc1CC(=O)N1CCC(N)CC1.Cl.Cl. The molecular formula is C15H21Cl2N3O2S. The molecule has 0 aromatic carbocycles. The van der Waals surface area contributed by atoms with Crippen LogP contribution in [0.2, 0.25) is 0 Å². The fourth-order valence-corrected chi connectivity index (χ4v) is 3.15. The summed E-state index contributed by atoms with van der Waals surface area (Å²) in [4.78, 5) is 19.7. The highest BCUT2D eigenvalue weighted by Crippen LogP contribution is 2.26. The number of nitrogens with two attached hydrogens (primary N) is 1. The van der Waals surface area contributed by atoms with E-state index in [4.69, 9.17) is 10.2 Å². The zero-order chi connectivity index (χ0) is 14.8. The molecule has 0 aliphatic carbocycles. The highest BCUT2D eigenvalue weighted by molar-refractivity contribution is 7.13. The van der Waals surface area contributed by atoms with Crippen LogP contribution in [-0.4, -0.2) is 34.9 Å². The van der Waals surface area contributed by atoms with Crippen LogP contribution in [0.25, 0.3) is 10.8 Å². The van der Waals surface area contributed by atoms with Crippen molar-refractivity contribution < 1.29 is 9.21 Å². The van der Waals surface area contributed by atoms with Gasteiger partial charge >= 0.3 is 0 Å². The van der Waals surface area contributed by atoms with Crippen molar-refractivity contribution in [3.63, 3.8) is 0 Å². The summed E-state index contributed by atoms with van der Waals surface area (Å²) < 4.78 is 5.67. The molecule has 1 fully saturated rings. The van der Waals surface area contributed by atoms with E-state index in [1.54, 1.807) is 11.3 Å². The van der Waals surface area contributed by atoms with Crippen LogP contribution in [0.1, 0.15) is 24.3 Å². The molecule has 3 heterocycles. The predicted octanol–water partition coefficient (Wildman–Crippen LogP) is 3.05. The molecule has 128 valence electrons. The summed E-state index contributed by atoms with van der Waals surface area (Å²) in [6.07, 6.45) is 2.06. The lowest BCUT2D eigenvalue weighted by Gasteiger charge is -2.30. The molecule has 0 bridgehead atoms. The molecule has 8 heteroatoms. The van der Waals surface area contributed by atoms with Crippen molar-refractivity contribution in [2.45, 2.75) is 32.2 Å². The van der Waals surface area contributed by atoms with E-state index >= 15 is 0 Å². The first-order valence-electron chi connectivity index (χ1n) is 7.17. The van der Waals surface area contributed by atoms with Crippen molar-refractivity contribution >= 4 is 42.1 Å². The van der Waals surface area contributed by atoms with E-state index in [-0.39, 0.29) is 36.8 Å². The fraction of sp³-hybridized carbons (Fsp3) is 0.467. The Morgan fingerprint density at radius 3 is 2.74 bits per heavy atom. The van der Waals surface area contributed by atoms with Crippen LogP contribution in [-0.2, 0) is 11.2 Å². The molecule has 1 amide bonds. The summed E-state index contributed by atoms with van der Waals surface area (Å²) in [5, 5.41) is 1.98. The van der Waals surface area contributed by atoms with Crippen molar-refractivity contribution in [3.05, 3.63) is 29.0 Å². The monoisotopic (exact) mass is 377 g/mol. The topological polar surface area (TPSA) is 72.4 Å². The number of aryl methyl sites for hydroxylation is 1. The van der Waals surface area contributed by atoms with Crippen LogP contribution in [0.15, 0.2) is 21.9 Å². The summed E-state index contributed by atoms with van der Waals surface area (Å²) in [5.41, 5.74) is 6.60. The van der Waals surface area contributed by atoms with Gasteiger partial charge in [-0.1, -0.05) is 6.07 Å². The molecule has 0 unspecified atom stereocenters.